The standard InChI is InChI=1S/C9H16O6/c1-9(2)14-7-5(12)6(4(11)3-10)13-8(7)15-9/h4-8,10-12H,3H2,1-2H3/t4-,5+,6+,7-,8-/m0/s1. The Morgan fingerprint density at radius 2 is 2.00 bits per heavy atom. The van der Waals surface area contributed by atoms with Crippen molar-refractivity contribution < 1.29 is 29.5 Å². The van der Waals surface area contributed by atoms with Gasteiger partial charge in [-0.15, -0.1) is 0 Å². The fraction of sp³-hybridized carbons (Fsp3) is 1.00. The first kappa shape index (κ1) is 11.3. The molecule has 2 rings (SSSR count). The van der Waals surface area contributed by atoms with Crippen LogP contribution in [0, 0.1) is 0 Å². The summed E-state index contributed by atoms with van der Waals surface area (Å²) >= 11 is 0. The van der Waals surface area contributed by atoms with Crippen molar-refractivity contribution in [3.05, 3.63) is 0 Å². The van der Waals surface area contributed by atoms with E-state index in [-0.39, 0.29) is 0 Å². The Hall–Kier alpha value is -0.240. The predicted octanol–water partition coefficient (Wildman–Crippen LogP) is -1.42. The molecule has 3 N–H and O–H groups in total. The van der Waals surface area contributed by atoms with Crippen LogP contribution in [0.25, 0.3) is 0 Å². The Labute approximate surface area is 87.4 Å². The van der Waals surface area contributed by atoms with Crippen LogP contribution in [0.3, 0.4) is 0 Å². The highest BCUT2D eigenvalue weighted by Crippen LogP contribution is 2.38. The molecule has 6 heteroatoms. The lowest BCUT2D eigenvalue weighted by Gasteiger charge is -2.24. The van der Waals surface area contributed by atoms with Crippen molar-refractivity contribution in [2.24, 2.45) is 0 Å². The lowest BCUT2D eigenvalue weighted by molar-refractivity contribution is -0.227. The van der Waals surface area contributed by atoms with E-state index in [1.807, 2.05) is 0 Å². The zero-order valence-electron chi connectivity index (χ0n) is 8.66. The largest absolute Gasteiger partial charge is 0.394 e. The second-order valence-electron chi connectivity index (χ2n) is 4.31. The lowest BCUT2D eigenvalue weighted by atomic mass is 10.1. The third-order valence-electron chi connectivity index (χ3n) is 2.62. The Kier molecular flexibility index (Phi) is 2.74. The number of rotatable bonds is 2. The molecule has 0 aromatic rings. The van der Waals surface area contributed by atoms with Crippen LogP contribution in [0.15, 0.2) is 0 Å². The van der Waals surface area contributed by atoms with Gasteiger partial charge in [-0.1, -0.05) is 0 Å². The smallest absolute Gasteiger partial charge is 0.190 e. The molecule has 0 saturated carbocycles. The van der Waals surface area contributed by atoms with Crippen molar-refractivity contribution in [3.8, 4) is 0 Å². The average Bonchev–Trinajstić information content (AvgIpc) is 2.60. The van der Waals surface area contributed by atoms with Crippen molar-refractivity contribution in [1.82, 2.24) is 0 Å². The monoisotopic (exact) mass is 220 g/mol. The van der Waals surface area contributed by atoms with Crippen LogP contribution in [0.2, 0.25) is 0 Å². The molecule has 2 aliphatic heterocycles. The molecule has 2 fully saturated rings. The highest BCUT2D eigenvalue weighted by Gasteiger charge is 2.55. The molecule has 0 unspecified atom stereocenters. The number of aliphatic hydroxyl groups is 3. The van der Waals surface area contributed by atoms with E-state index in [0.717, 1.165) is 0 Å². The SMILES string of the molecule is CC1(C)O[C@@H]2O[C@H]([C@@H](O)CO)[C@@H](O)[C@@H]2O1. The van der Waals surface area contributed by atoms with E-state index < -0.39 is 43.1 Å². The summed E-state index contributed by atoms with van der Waals surface area (Å²) in [4.78, 5) is 0. The van der Waals surface area contributed by atoms with Gasteiger partial charge in [-0.05, 0) is 13.8 Å². The van der Waals surface area contributed by atoms with Gasteiger partial charge in [-0.3, -0.25) is 0 Å². The number of hydrogen-bond donors (Lipinski definition) is 3. The topological polar surface area (TPSA) is 88.4 Å². The molecule has 0 aromatic heterocycles. The molecule has 2 aliphatic rings. The highest BCUT2D eigenvalue weighted by molar-refractivity contribution is 4.95. The van der Waals surface area contributed by atoms with Gasteiger partial charge in [-0.25, -0.2) is 0 Å². The first-order valence-electron chi connectivity index (χ1n) is 4.93. The molecule has 5 atom stereocenters. The number of aliphatic hydroxyl groups excluding tert-OH is 3. The summed E-state index contributed by atoms with van der Waals surface area (Å²) in [6.45, 7) is 2.97. The summed E-state index contributed by atoms with van der Waals surface area (Å²) in [6.07, 6.45) is -4.26. The minimum Gasteiger partial charge on any atom is -0.394 e. The van der Waals surface area contributed by atoms with E-state index >= 15 is 0 Å². The summed E-state index contributed by atoms with van der Waals surface area (Å²) in [5.74, 6) is -0.786. The third kappa shape index (κ3) is 1.89. The first-order valence-corrected chi connectivity index (χ1v) is 4.93. The van der Waals surface area contributed by atoms with Gasteiger partial charge in [0.15, 0.2) is 12.1 Å². The Balaban J connectivity index is 2.05. The zero-order chi connectivity index (χ0) is 11.2. The molecule has 0 radical (unpaired) electrons. The molecule has 2 heterocycles. The average molecular weight is 220 g/mol. The second-order valence-corrected chi connectivity index (χ2v) is 4.31. The maximum atomic E-state index is 9.79. The van der Waals surface area contributed by atoms with Crippen molar-refractivity contribution in [2.45, 2.75) is 50.3 Å². The maximum absolute atomic E-state index is 9.79. The first-order chi connectivity index (χ1) is 6.94. The van der Waals surface area contributed by atoms with E-state index in [1.54, 1.807) is 13.8 Å². The molecule has 0 aliphatic carbocycles. The van der Waals surface area contributed by atoms with Gasteiger partial charge in [0.25, 0.3) is 0 Å². The van der Waals surface area contributed by atoms with E-state index in [9.17, 15) is 10.2 Å². The molecule has 0 spiro atoms. The number of fused-ring (bicyclic) bond motifs is 1. The van der Waals surface area contributed by atoms with Gasteiger partial charge in [-0.2, -0.15) is 0 Å². The van der Waals surface area contributed by atoms with Crippen LogP contribution in [-0.2, 0) is 14.2 Å². The molecule has 0 amide bonds. The Morgan fingerprint density at radius 3 is 2.53 bits per heavy atom. The van der Waals surface area contributed by atoms with E-state index in [4.69, 9.17) is 19.3 Å². The summed E-state index contributed by atoms with van der Waals surface area (Å²) in [7, 11) is 0. The Bertz CT molecular complexity index is 243. The summed E-state index contributed by atoms with van der Waals surface area (Å²) in [5, 5.41) is 27.9. The fourth-order valence-corrected chi connectivity index (χ4v) is 1.94. The minimum atomic E-state index is -1.12. The zero-order valence-corrected chi connectivity index (χ0v) is 8.66. The Morgan fingerprint density at radius 1 is 1.33 bits per heavy atom. The van der Waals surface area contributed by atoms with Gasteiger partial charge in [0.05, 0.1) is 6.61 Å². The van der Waals surface area contributed by atoms with Crippen molar-refractivity contribution in [2.75, 3.05) is 6.61 Å². The molecule has 0 bridgehead atoms. The van der Waals surface area contributed by atoms with Gasteiger partial charge in [0, 0.05) is 0 Å². The van der Waals surface area contributed by atoms with Crippen molar-refractivity contribution in [1.29, 1.82) is 0 Å². The normalized spacial score (nSPS) is 45.4. The highest BCUT2D eigenvalue weighted by atomic mass is 16.8. The summed E-state index contributed by atoms with van der Waals surface area (Å²) in [6, 6.07) is 0. The maximum Gasteiger partial charge on any atom is 0.190 e. The number of hydrogen-bond acceptors (Lipinski definition) is 6. The fourth-order valence-electron chi connectivity index (χ4n) is 1.94. The molecular weight excluding hydrogens is 204 g/mol. The molecule has 6 nitrogen and oxygen atoms in total. The van der Waals surface area contributed by atoms with Crippen molar-refractivity contribution >= 4 is 0 Å². The van der Waals surface area contributed by atoms with Crippen LogP contribution in [-0.4, -0.2) is 58.4 Å². The van der Waals surface area contributed by atoms with Crippen LogP contribution >= 0.6 is 0 Å². The molecule has 2 saturated heterocycles. The predicted molar refractivity (Wildman–Crippen MR) is 47.8 cm³/mol. The van der Waals surface area contributed by atoms with Gasteiger partial charge in [0.1, 0.15) is 24.4 Å². The summed E-state index contributed by atoms with van der Waals surface area (Å²) in [5.41, 5.74) is 0. The second kappa shape index (κ2) is 3.65. The summed E-state index contributed by atoms with van der Waals surface area (Å²) < 4.78 is 16.1. The molecule has 88 valence electrons. The van der Waals surface area contributed by atoms with Crippen LogP contribution in [0.4, 0.5) is 0 Å². The van der Waals surface area contributed by atoms with Crippen LogP contribution in [0.1, 0.15) is 13.8 Å². The number of ether oxygens (including phenoxy) is 3. The lowest BCUT2D eigenvalue weighted by Crippen LogP contribution is -2.42. The van der Waals surface area contributed by atoms with Crippen molar-refractivity contribution in [3.63, 3.8) is 0 Å². The van der Waals surface area contributed by atoms with Crippen LogP contribution in [0.5, 0.6) is 0 Å². The van der Waals surface area contributed by atoms with Crippen LogP contribution < -0.4 is 0 Å². The van der Waals surface area contributed by atoms with E-state index in [2.05, 4.69) is 0 Å². The van der Waals surface area contributed by atoms with Gasteiger partial charge in [0.2, 0.25) is 0 Å². The minimum absolute atomic E-state index is 0.468. The molecular formula is C9H16O6. The van der Waals surface area contributed by atoms with Gasteiger partial charge < -0.3 is 29.5 Å². The van der Waals surface area contributed by atoms with E-state index in [1.165, 1.54) is 0 Å². The van der Waals surface area contributed by atoms with Gasteiger partial charge >= 0.3 is 0 Å². The third-order valence-corrected chi connectivity index (χ3v) is 2.62. The quantitative estimate of drug-likeness (QED) is 0.529. The molecule has 15 heavy (non-hydrogen) atoms. The molecule has 0 aromatic carbocycles. The van der Waals surface area contributed by atoms with E-state index in [0.29, 0.717) is 0 Å².